The Morgan fingerprint density at radius 2 is 0.908 bits per heavy atom. The Balaban J connectivity index is 1.13. The van der Waals surface area contributed by atoms with E-state index in [0.717, 1.165) is 12.1 Å². The van der Waals surface area contributed by atoms with E-state index in [0.29, 0.717) is 23.4 Å². The molecule has 0 radical (unpaired) electrons. The number of rotatable bonds is 10. The molecule has 10 atom stereocenters. The highest BCUT2D eigenvalue weighted by atomic mass is 16.7. The van der Waals surface area contributed by atoms with Crippen molar-refractivity contribution in [1.82, 2.24) is 0 Å². The molecule has 3 aliphatic rings. The molecule has 400 valence electrons. The zero-order valence-corrected chi connectivity index (χ0v) is 38.8. The second-order valence-electron chi connectivity index (χ2n) is 17.9. The van der Waals surface area contributed by atoms with E-state index in [9.17, 15) is 91.3 Å². The molecule has 0 aliphatic carbocycles. The number of hydrogen-bond acceptors (Lipinski definition) is 26. The van der Waals surface area contributed by atoms with Crippen LogP contribution in [0.5, 0.6) is 74.7 Å². The van der Waals surface area contributed by atoms with Gasteiger partial charge in [-0.1, -0.05) is 12.1 Å². The fourth-order valence-corrected chi connectivity index (χ4v) is 9.39. The smallest absolute Gasteiger partial charge is 0.238 e. The number of aliphatic hydroxyl groups excluding tert-OH is 8. The molecule has 16 N–H and O–H groups in total. The van der Waals surface area contributed by atoms with Gasteiger partial charge in [-0.2, -0.15) is 0 Å². The molecule has 5 aromatic carbocycles. The molecule has 76 heavy (non-hydrogen) atoms. The van der Waals surface area contributed by atoms with E-state index in [1.54, 1.807) is 24.3 Å². The van der Waals surface area contributed by atoms with Crippen LogP contribution < -0.4 is 29.8 Å². The van der Waals surface area contributed by atoms with Gasteiger partial charge < -0.3 is 119 Å². The molecule has 26 nitrogen and oxygen atoms in total. The fraction of sp³-hybridized carbons (Fsp3) is 0.280. The quantitative estimate of drug-likeness (QED) is 0.0888. The molecular formula is C50H44O26. The van der Waals surface area contributed by atoms with Gasteiger partial charge in [0.25, 0.3) is 0 Å². The van der Waals surface area contributed by atoms with Crippen molar-refractivity contribution in [1.29, 1.82) is 0 Å². The van der Waals surface area contributed by atoms with Crippen LogP contribution in [0.2, 0.25) is 0 Å². The summed E-state index contributed by atoms with van der Waals surface area (Å²) < 4.78 is 45.6. The Hall–Kier alpha value is -8.28. The van der Waals surface area contributed by atoms with E-state index >= 15 is 0 Å². The maximum Gasteiger partial charge on any atom is 0.238 e. The van der Waals surface area contributed by atoms with Gasteiger partial charge in [-0.3, -0.25) is 9.59 Å². The van der Waals surface area contributed by atoms with Crippen molar-refractivity contribution in [2.45, 2.75) is 67.3 Å². The third kappa shape index (κ3) is 8.16. The fourth-order valence-electron chi connectivity index (χ4n) is 9.39. The van der Waals surface area contributed by atoms with E-state index in [2.05, 4.69) is 0 Å². The number of aliphatic hydroxyl groups is 8. The molecule has 2 fully saturated rings. The van der Waals surface area contributed by atoms with Crippen LogP contribution in [-0.4, -0.2) is 163 Å². The van der Waals surface area contributed by atoms with Crippen LogP contribution in [0.3, 0.4) is 0 Å². The third-order valence-corrected chi connectivity index (χ3v) is 13.3. The summed E-state index contributed by atoms with van der Waals surface area (Å²) in [6, 6.07) is 12.0. The van der Waals surface area contributed by atoms with Gasteiger partial charge in [0.05, 0.1) is 20.3 Å². The molecule has 0 unspecified atom stereocenters. The molecule has 2 aromatic heterocycles. The first-order valence-corrected chi connectivity index (χ1v) is 22.7. The minimum atomic E-state index is -2.04. The van der Waals surface area contributed by atoms with Gasteiger partial charge in [0.1, 0.15) is 76.9 Å². The molecular weight excluding hydrogens is 1020 g/mol. The zero-order chi connectivity index (χ0) is 54.5. The monoisotopic (exact) mass is 1060 g/mol. The summed E-state index contributed by atoms with van der Waals surface area (Å²) in [5, 5.41) is 171. The molecule has 0 spiro atoms. The van der Waals surface area contributed by atoms with E-state index in [4.69, 9.17) is 37.3 Å². The largest absolute Gasteiger partial charge is 0.507 e. The lowest BCUT2D eigenvalue weighted by Crippen LogP contribution is -2.60. The summed E-state index contributed by atoms with van der Waals surface area (Å²) in [6.07, 6.45) is -18.6. The van der Waals surface area contributed by atoms with Crippen LogP contribution in [0.25, 0.3) is 44.6 Å². The number of methoxy groups -OCH3 is 1. The van der Waals surface area contributed by atoms with E-state index < -0.39 is 182 Å². The summed E-state index contributed by atoms with van der Waals surface area (Å²) in [5.41, 5.74) is -4.48. The van der Waals surface area contributed by atoms with E-state index in [1.807, 2.05) is 0 Å². The molecule has 5 heterocycles. The highest BCUT2D eigenvalue weighted by Gasteiger charge is 2.47. The van der Waals surface area contributed by atoms with Crippen LogP contribution >= 0.6 is 0 Å². The van der Waals surface area contributed by atoms with Crippen LogP contribution in [0.4, 0.5) is 0 Å². The number of aromatic hydroxyl groups is 8. The van der Waals surface area contributed by atoms with Crippen molar-refractivity contribution in [3.05, 3.63) is 97.8 Å². The first-order chi connectivity index (χ1) is 36.2. The summed E-state index contributed by atoms with van der Waals surface area (Å²) in [6.45, 7) is -1.75. The van der Waals surface area contributed by atoms with Crippen LogP contribution in [0.15, 0.2) is 79.1 Å². The Kier molecular flexibility index (Phi) is 12.9. The van der Waals surface area contributed by atoms with Gasteiger partial charge in [0.15, 0.2) is 57.2 Å². The Labute approximate surface area is 422 Å². The predicted molar refractivity (Wildman–Crippen MR) is 252 cm³/mol. The normalized spacial score (nSPS) is 24.4. The molecule has 3 aliphatic heterocycles. The minimum Gasteiger partial charge on any atom is -0.507 e. The van der Waals surface area contributed by atoms with Gasteiger partial charge in [-0.25, -0.2) is 0 Å². The number of ether oxygens (including phenoxy) is 6. The summed E-state index contributed by atoms with van der Waals surface area (Å²) in [7, 11) is 1.40. The molecule has 2 saturated heterocycles. The first kappa shape index (κ1) is 51.2. The van der Waals surface area contributed by atoms with Gasteiger partial charge in [-0.15, -0.1) is 0 Å². The van der Waals surface area contributed by atoms with Crippen LogP contribution in [0.1, 0.15) is 22.6 Å². The number of phenolic OH excluding ortho intramolecular Hbond substituents is 6. The average Bonchev–Trinajstić information content (AvgIpc) is 3.52. The Bertz CT molecular complexity index is 3360. The zero-order valence-electron chi connectivity index (χ0n) is 38.8. The lowest BCUT2D eigenvalue weighted by molar-refractivity contribution is -0.277. The summed E-state index contributed by atoms with van der Waals surface area (Å²) in [5.74, 6) is -12.1. The molecule has 0 bridgehead atoms. The molecule has 7 aromatic rings. The highest BCUT2D eigenvalue weighted by Crippen LogP contribution is 2.57. The van der Waals surface area contributed by atoms with Crippen molar-refractivity contribution in [2.75, 3.05) is 20.3 Å². The van der Waals surface area contributed by atoms with E-state index in [1.165, 1.54) is 19.2 Å². The van der Waals surface area contributed by atoms with E-state index in [-0.39, 0.29) is 33.8 Å². The average molecular weight is 1060 g/mol. The maximum absolute atomic E-state index is 14.0. The van der Waals surface area contributed by atoms with Gasteiger partial charge in [0, 0.05) is 40.3 Å². The number of fused-ring (bicyclic) bond motifs is 4. The third-order valence-electron chi connectivity index (χ3n) is 13.3. The van der Waals surface area contributed by atoms with Gasteiger partial charge in [-0.05, 0) is 42.0 Å². The van der Waals surface area contributed by atoms with Crippen molar-refractivity contribution in [3.8, 4) is 97.4 Å². The predicted octanol–water partition coefficient (Wildman–Crippen LogP) is 0.530. The maximum atomic E-state index is 14.0. The molecule has 26 heteroatoms. The first-order valence-electron chi connectivity index (χ1n) is 22.7. The van der Waals surface area contributed by atoms with Crippen LogP contribution in [0, 0.1) is 0 Å². The van der Waals surface area contributed by atoms with Crippen LogP contribution in [-0.2, 0) is 9.47 Å². The van der Waals surface area contributed by atoms with Gasteiger partial charge >= 0.3 is 0 Å². The SMILES string of the molecule is COc1ccc(C2c3cc(-c4oc5c(O[C@@H]6O[C@H](CO)[C@@H](O)[C@H](O)[C@H]6O)c(O)cc(O)c5c(=O)c4O)cc(O)c3Oc3c(O)cc(-c4oc5c(O[C@@H]6O[C@H](CO)[C@@H](O)[C@H](O)[C@H]6O)c(O)cc(O)c5c(=O)c4O)cc32)cc1. The molecule has 0 saturated carbocycles. The lowest BCUT2D eigenvalue weighted by Gasteiger charge is -2.39. The van der Waals surface area contributed by atoms with Crippen molar-refractivity contribution in [2.24, 2.45) is 0 Å². The number of benzene rings is 5. The molecule has 0 amide bonds. The van der Waals surface area contributed by atoms with Crippen molar-refractivity contribution in [3.63, 3.8) is 0 Å². The van der Waals surface area contributed by atoms with Crippen molar-refractivity contribution >= 4 is 21.9 Å². The minimum absolute atomic E-state index is 0.00263. The number of hydrogen-bond donors (Lipinski definition) is 16. The Morgan fingerprint density at radius 3 is 1.29 bits per heavy atom. The second kappa shape index (κ2) is 19.1. The summed E-state index contributed by atoms with van der Waals surface area (Å²) >= 11 is 0. The Morgan fingerprint density at radius 1 is 0.500 bits per heavy atom. The summed E-state index contributed by atoms with van der Waals surface area (Å²) in [4.78, 5) is 27.9. The highest BCUT2D eigenvalue weighted by molar-refractivity contribution is 5.95. The number of phenols is 6. The van der Waals surface area contributed by atoms with Crippen molar-refractivity contribution < 1.29 is 119 Å². The topological polar surface area (TPSA) is 439 Å². The van der Waals surface area contributed by atoms with Gasteiger partial charge in [0.2, 0.25) is 46.4 Å². The standard InChI is InChI=1S/C50H44O26/c1-69-17-4-2-14(3-5-17)28-18-6-15(41-37(65)33(61)29-20(53)10-24(57)45(47(29)72-41)75-49-39(67)35(63)31(59)26(12-51)70-49)8-22(55)43(18)74-44-19(28)7-16(9-23(44)56)42-38(66)34(62)30-21(54)11-25(58)46(48(30)73-42)76-50-40(68)36(64)32(60)27(13-52)71-50/h2-11,26-28,31-32,35-36,39-40,49-60,63-68H,12-13H2,1H3/t26-,27-,31-,32-,35+,36+,39-,40-,49+,50+/m1/s1. The molecule has 10 rings (SSSR count). The second-order valence-corrected chi connectivity index (χ2v) is 17.9. The lowest BCUT2D eigenvalue weighted by atomic mass is 9.80.